The molecule has 0 rings (SSSR count). The molecule has 0 bridgehead atoms. The monoisotopic (exact) mass is 943 g/mol. The summed E-state index contributed by atoms with van der Waals surface area (Å²) in [6.45, 7) is 7.40. The topological polar surface area (TPSA) is 99.1 Å². The average Bonchev–Trinajstić information content (AvgIpc) is 3.33. The Bertz CT molecular complexity index is 1150. The van der Waals surface area contributed by atoms with Crippen LogP contribution in [0, 0.1) is 5.92 Å². The number of rotatable bonds is 53. The molecule has 392 valence electrons. The summed E-state index contributed by atoms with van der Waals surface area (Å²) in [4.78, 5) is 39.1. The van der Waals surface area contributed by atoms with E-state index >= 15 is 0 Å². The molecular weight excluding hydrogens is 833 g/mol. The standard InChI is InChI=1S/C60H110O7/c1-4-7-10-13-16-19-22-25-28-31-34-37-40-43-46-49-52-65-57(61)55-56(59(63)66-53-50-47-44-41-38-35-32-29-26-23-20-17-14-11-8-5-2)58(62)60(64)67-54-51-48-45-42-39-36-33-30-27-24-21-18-15-12-9-6-3/h25-30,56,58,62H,4-24,31-55H2,1-3H3/b28-25-,29-26-,30-27-. The largest absolute Gasteiger partial charge is 0.466 e. The van der Waals surface area contributed by atoms with Gasteiger partial charge in [0.1, 0.15) is 5.92 Å². The maximum absolute atomic E-state index is 13.2. The van der Waals surface area contributed by atoms with E-state index in [1.807, 2.05) is 0 Å². The summed E-state index contributed by atoms with van der Waals surface area (Å²) < 4.78 is 16.4. The zero-order chi connectivity index (χ0) is 48.8. The maximum atomic E-state index is 13.2. The van der Waals surface area contributed by atoms with Crippen molar-refractivity contribution in [2.75, 3.05) is 19.8 Å². The molecule has 0 aromatic rings. The van der Waals surface area contributed by atoms with E-state index in [9.17, 15) is 19.5 Å². The van der Waals surface area contributed by atoms with Crippen molar-refractivity contribution in [2.45, 2.75) is 303 Å². The molecule has 1 N–H and O–H groups in total. The number of ether oxygens (including phenoxy) is 3. The van der Waals surface area contributed by atoms with E-state index in [1.54, 1.807) is 0 Å². The van der Waals surface area contributed by atoms with Crippen molar-refractivity contribution in [3.63, 3.8) is 0 Å². The summed E-state index contributed by atoms with van der Waals surface area (Å²) in [6.07, 6.45) is 61.8. The Morgan fingerprint density at radius 3 is 0.866 bits per heavy atom. The van der Waals surface area contributed by atoms with Crippen LogP contribution in [0.15, 0.2) is 36.5 Å². The lowest BCUT2D eigenvalue weighted by Gasteiger charge is -2.20. The number of carbonyl (C=O) groups is 3. The molecule has 0 aliphatic heterocycles. The zero-order valence-corrected chi connectivity index (χ0v) is 44.5. The van der Waals surface area contributed by atoms with Gasteiger partial charge in [-0.05, 0) is 96.3 Å². The first-order chi connectivity index (χ1) is 33.0. The minimum Gasteiger partial charge on any atom is -0.466 e. The Kier molecular flexibility index (Phi) is 52.6. The third-order valence-electron chi connectivity index (χ3n) is 13.0. The van der Waals surface area contributed by atoms with Gasteiger partial charge in [0, 0.05) is 0 Å². The van der Waals surface area contributed by atoms with Crippen LogP contribution in [0.25, 0.3) is 0 Å². The van der Waals surface area contributed by atoms with Crippen molar-refractivity contribution < 1.29 is 33.7 Å². The summed E-state index contributed by atoms with van der Waals surface area (Å²) in [7, 11) is 0. The van der Waals surface area contributed by atoms with Crippen LogP contribution in [0.1, 0.15) is 297 Å². The van der Waals surface area contributed by atoms with Gasteiger partial charge in [0.25, 0.3) is 0 Å². The zero-order valence-electron chi connectivity index (χ0n) is 44.5. The Hall–Kier alpha value is -2.41. The smallest absolute Gasteiger partial charge is 0.335 e. The molecule has 0 heterocycles. The van der Waals surface area contributed by atoms with E-state index in [0.29, 0.717) is 12.8 Å². The average molecular weight is 944 g/mol. The third-order valence-corrected chi connectivity index (χ3v) is 13.0. The van der Waals surface area contributed by atoms with Crippen LogP contribution in [-0.4, -0.2) is 48.9 Å². The van der Waals surface area contributed by atoms with Crippen LogP contribution in [0.4, 0.5) is 0 Å². The van der Waals surface area contributed by atoms with E-state index < -0.39 is 36.4 Å². The van der Waals surface area contributed by atoms with E-state index in [4.69, 9.17) is 14.2 Å². The molecule has 0 saturated carbocycles. The highest BCUT2D eigenvalue weighted by atomic mass is 16.6. The molecule has 0 aromatic heterocycles. The highest BCUT2D eigenvalue weighted by Gasteiger charge is 2.37. The molecular formula is C60H110O7. The fourth-order valence-corrected chi connectivity index (χ4v) is 8.50. The predicted molar refractivity (Wildman–Crippen MR) is 285 cm³/mol. The van der Waals surface area contributed by atoms with E-state index in [1.165, 1.54) is 173 Å². The first-order valence-corrected chi connectivity index (χ1v) is 29.1. The molecule has 0 fully saturated rings. The molecule has 0 spiro atoms. The summed E-state index contributed by atoms with van der Waals surface area (Å²) >= 11 is 0. The second kappa shape index (κ2) is 54.5. The third kappa shape index (κ3) is 48.4. The molecule has 0 aromatic carbocycles. The summed E-state index contributed by atoms with van der Waals surface area (Å²) in [5.74, 6) is -3.59. The molecule has 0 amide bonds. The van der Waals surface area contributed by atoms with Gasteiger partial charge in [-0.1, -0.05) is 231 Å². The first-order valence-electron chi connectivity index (χ1n) is 29.1. The predicted octanol–water partition coefficient (Wildman–Crippen LogP) is 18.1. The first kappa shape index (κ1) is 64.6. The Morgan fingerprint density at radius 1 is 0.328 bits per heavy atom. The number of aliphatic hydroxyl groups is 1. The number of allylic oxidation sites excluding steroid dienone is 6. The molecule has 2 unspecified atom stereocenters. The Balaban J connectivity index is 4.51. The number of unbranched alkanes of at least 4 members (excludes halogenated alkanes) is 36. The van der Waals surface area contributed by atoms with E-state index in [2.05, 4.69) is 57.2 Å². The minimum atomic E-state index is -1.78. The molecule has 0 aliphatic carbocycles. The number of aliphatic hydroxyl groups excluding tert-OH is 1. The second-order valence-corrected chi connectivity index (χ2v) is 19.6. The number of hydrogen-bond acceptors (Lipinski definition) is 7. The summed E-state index contributed by atoms with van der Waals surface area (Å²) in [6, 6.07) is 0. The van der Waals surface area contributed by atoms with Gasteiger partial charge in [0.15, 0.2) is 6.10 Å². The van der Waals surface area contributed by atoms with Crippen LogP contribution < -0.4 is 0 Å². The van der Waals surface area contributed by atoms with E-state index in [-0.39, 0.29) is 19.8 Å². The fourth-order valence-electron chi connectivity index (χ4n) is 8.50. The lowest BCUT2D eigenvalue weighted by molar-refractivity contribution is -0.170. The van der Waals surface area contributed by atoms with Gasteiger partial charge in [-0.25, -0.2) is 4.79 Å². The SMILES string of the molecule is CCCCCCCC/C=C\CCCCCCCCOC(=O)CC(C(=O)OCCCCCCCC/C=C\CCCCCCCC)C(O)C(=O)OCCCCCCCC/C=C\CCCCCCCC. The summed E-state index contributed by atoms with van der Waals surface area (Å²) in [5.41, 5.74) is 0. The molecule has 0 saturated heterocycles. The van der Waals surface area contributed by atoms with Crippen LogP contribution >= 0.6 is 0 Å². The normalized spacial score (nSPS) is 12.7. The molecule has 67 heavy (non-hydrogen) atoms. The van der Waals surface area contributed by atoms with Crippen LogP contribution in [0.3, 0.4) is 0 Å². The summed E-state index contributed by atoms with van der Waals surface area (Å²) in [5, 5.41) is 11.0. The molecule has 7 heteroatoms. The van der Waals surface area contributed by atoms with Crippen molar-refractivity contribution in [1.82, 2.24) is 0 Å². The van der Waals surface area contributed by atoms with Gasteiger partial charge in [-0.15, -0.1) is 0 Å². The van der Waals surface area contributed by atoms with Crippen LogP contribution in [0.2, 0.25) is 0 Å². The Labute approximate surface area is 415 Å². The van der Waals surface area contributed by atoms with Crippen molar-refractivity contribution in [3.8, 4) is 0 Å². The Morgan fingerprint density at radius 2 is 0.567 bits per heavy atom. The van der Waals surface area contributed by atoms with Crippen molar-refractivity contribution in [3.05, 3.63) is 36.5 Å². The van der Waals surface area contributed by atoms with Crippen molar-refractivity contribution in [1.29, 1.82) is 0 Å². The lowest BCUT2D eigenvalue weighted by atomic mass is 9.98. The van der Waals surface area contributed by atoms with Gasteiger partial charge in [0.05, 0.1) is 26.2 Å². The number of esters is 3. The number of carbonyl (C=O) groups excluding carboxylic acids is 3. The van der Waals surface area contributed by atoms with Gasteiger partial charge < -0.3 is 19.3 Å². The van der Waals surface area contributed by atoms with Crippen LogP contribution in [-0.2, 0) is 28.6 Å². The highest BCUT2D eigenvalue weighted by Crippen LogP contribution is 2.18. The van der Waals surface area contributed by atoms with E-state index in [0.717, 1.165) is 83.5 Å². The fraction of sp³-hybridized carbons (Fsp3) is 0.850. The minimum absolute atomic E-state index is 0.175. The quantitative estimate of drug-likeness (QED) is 0.0281. The molecule has 0 radical (unpaired) electrons. The van der Waals surface area contributed by atoms with Crippen LogP contribution in [0.5, 0.6) is 0 Å². The van der Waals surface area contributed by atoms with Gasteiger partial charge in [-0.2, -0.15) is 0 Å². The van der Waals surface area contributed by atoms with Gasteiger partial charge >= 0.3 is 17.9 Å². The van der Waals surface area contributed by atoms with Gasteiger partial charge in [0.2, 0.25) is 0 Å². The van der Waals surface area contributed by atoms with Crippen molar-refractivity contribution >= 4 is 17.9 Å². The second-order valence-electron chi connectivity index (χ2n) is 19.6. The molecule has 2 atom stereocenters. The lowest BCUT2D eigenvalue weighted by Crippen LogP contribution is -2.39. The molecule has 0 aliphatic rings. The number of hydrogen-bond donors (Lipinski definition) is 1. The highest BCUT2D eigenvalue weighted by molar-refractivity contribution is 5.87. The maximum Gasteiger partial charge on any atom is 0.335 e. The molecule has 7 nitrogen and oxygen atoms in total. The van der Waals surface area contributed by atoms with Crippen molar-refractivity contribution in [2.24, 2.45) is 5.92 Å². The van der Waals surface area contributed by atoms with Gasteiger partial charge in [-0.3, -0.25) is 9.59 Å².